The molecule has 31 heteroatoms. The van der Waals surface area contributed by atoms with Crippen molar-refractivity contribution in [3.8, 4) is 0 Å². The molecule has 106 heavy (non-hydrogen) atoms. The molecule has 12 amide bonds. The molecule has 9 N–H and O–H groups in total. The Morgan fingerprint density at radius 2 is 1.37 bits per heavy atom. The molecule has 0 aliphatic carbocycles. The number of carbonyl (C=O) groups is 12. The van der Waals surface area contributed by atoms with Crippen LogP contribution in [-0.2, 0) is 75.2 Å². The summed E-state index contributed by atoms with van der Waals surface area (Å²) in [5.74, 6) is -7.52. The van der Waals surface area contributed by atoms with E-state index in [4.69, 9.17) is 25.1 Å². The molecule has 2 aromatic carbocycles. The van der Waals surface area contributed by atoms with Gasteiger partial charge in [0.05, 0.1) is 54.0 Å². The number of likely N-dealkylation sites (N-methyl/N-ethyl adjacent to an activating group) is 3. The lowest BCUT2D eigenvalue weighted by atomic mass is 9.89. The van der Waals surface area contributed by atoms with E-state index in [9.17, 15) is 61.5 Å². The maximum absolute atomic E-state index is 15.2. The highest BCUT2D eigenvalue weighted by Crippen LogP contribution is 2.33. The number of carboxylic acids is 1. The van der Waals surface area contributed by atoms with E-state index in [-0.39, 0.29) is 131 Å². The van der Waals surface area contributed by atoms with Gasteiger partial charge in [0.15, 0.2) is 0 Å². The number of nitrogens with zero attached hydrogens (tertiary/aromatic N) is 5. The van der Waals surface area contributed by atoms with Crippen LogP contribution in [0.5, 0.6) is 0 Å². The number of urea groups is 1. The number of unbranched alkanes of at least 4 members (excludes halogenated alkanes) is 4. The van der Waals surface area contributed by atoms with Crippen LogP contribution < -0.4 is 37.6 Å². The minimum absolute atomic E-state index is 0.0470. The van der Waals surface area contributed by atoms with Crippen LogP contribution in [0.15, 0.2) is 42.5 Å². The van der Waals surface area contributed by atoms with Gasteiger partial charge in [0.25, 0.3) is 0 Å². The van der Waals surface area contributed by atoms with E-state index in [1.165, 1.54) is 48.9 Å². The average Bonchev–Trinajstić information content (AvgIpc) is 1.56. The predicted molar refractivity (Wildman–Crippen MR) is 398 cm³/mol. The zero-order valence-electron chi connectivity index (χ0n) is 64.6. The number of nitrogens with two attached hydrogens (primary N) is 1. The van der Waals surface area contributed by atoms with Crippen LogP contribution in [0.3, 0.4) is 0 Å². The maximum atomic E-state index is 15.2. The van der Waals surface area contributed by atoms with Gasteiger partial charge < -0.3 is 71.7 Å². The first-order valence-corrected chi connectivity index (χ1v) is 38.0. The number of ether oxygens (including phenoxy) is 3. The van der Waals surface area contributed by atoms with Crippen LogP contribution >= 0.6 is 11.8 Å². The topological polar surface area (TPSA) is 367 Å². The van der Waals surface area contributed by atoms with E-state index in [0.717, 1.165) is 18.6 Å². The highest BCUT2D eigenvalue weighted by Gasteiger charge is 2.48. The van der Waals surface area contributed by atoms with Crippen LogP contribution in [-0.4, -0.2) is 235 Å². The Labute approximate surface area is 627 Å². The van der Waals surface area contributed by atoms with Gasteiger partial charge >= 0.3 is 18.1 Å². The molecule has 0 saturated carbocycles. The van der Waals surface area contributed by atoms with Crippen molar-refractivity contribution >= 4 is 88.7 Å². The van der Waals surface area contributed by atoms with Crippen LogP contribution in [0.4, 0.5) is 24.1 Å². The number of halogens is 2. The largest absolute Gasteiger partial charge is 0.481 e. The van der Waals surface area contributed by atoms with Gasteiger partial charge in [-0.25, -0.2) is 18.4 Å². The van der Waals surface area contributed by atoms with Crippen molar-refractivity contribution in [1.82, 2.24) is 51.1 Å². The quantitative estimate of drug-likeness (QED) is 0.0256. The second-order valence-electron chi connectivity index (χ2n) is 29.0. The van der Waals surface area contributed by atoms with Crippen molar-refractivity contribution in [2.75, 3.05) is 79.7 Å². The first kappa shape index (κ1) is 90.4. The fraction of sp³-hybridized carbons (Fsp3) is 0.680. The zero-order chi connectivity index (χ0) is 79.2. The number of likely N-dealkylation sites (tertiary alicyclic amines) is 2. The standard InChI is InChI=1S/C75H118F2N12O16S/c1-16-47(8)66(87(13)73(100)64(45(4)5)84-71(98)65(46(6)7)85(10)11)57(103-14)40-60(91)89-42-51(39-56(89)67(104-15)48(9)68(95)79-36-34-52-53(76)25-23-26-54(52)77)86(12)75(102)105-43-49-30-32-50(33-31-49)81-69(96)55(27-24-35-80-74(78)101)82-70(97)63(44(2)3)83-59(90)28-19-17-21-37-88-61(92)41-58(72(88)99)106-38-22-18-20-29-62(93)94/h23,25-26,30-33,44-48,51,55-58,63-67H,16-22,24,27-29,34-43H2,1-15H3,(H,79,95)(H,81,96)(H,82,97)(H,83,90)(H,84,98)(H,93,94)(H3,78,80,101)/t47-,48+,51-,55-,56-,57+,58?,63-,64-,65-,66-,67+/m0/s1. The number of rotatable bonds is 46. The number of hydrogen-bond acceptors (Lipinski definition) is 17. The smallest absolute Gasteiger partial charge is 0.410 e. The summed E-state index contributed by atoms with van der Waals surface area (Å²) < 4.78 is 47.2. The Bertz CT molecular complexity index is 3230. The molecule has 4 rings (SSSR count). The summed E-state index contributed by atoms with van der Waals surface area (Å²) in [6, 6.07) is 3.19. The summed E-state index contributed by atoms with van der Waals surface area (Å²) in [6.07, 6.45) is 1.53. The first-order chi connectivity index (χ1) is 50.1. The van der Waals surface area contributed by atoms with Crippen molar-refractivity contribution in [2.45, 2.75) is 225 Å². The van der Waals surface area contributed by atoms with Gasteiger partial charge in [-0.2, -0.15) is 0 Å². The summed E-state index contributed by atoms with van der Waals surface area (Å²) in [5, 5.41) is 25.0. The fourth-order valence-corrected chi connectivity index (χ4v) is 14.8. The zero-order valence-corrected chi connectivity index (χ0v) is 65.4. The third kappa shape index (κ3) is 27.6. The first-order valence-electron chi connectivity index (χ1n) is 37.0. The average molecular weight is 1510 g/mol. The number of carbonyl (C=O) groups excluding carboxylic acids is 11. The Morgan fingerprint density at radius 3 is 1.95 bits per heavy atom. The van der Waals surface area contributed by atoms with Crippen molar-refractivity contribution in [2.24, 2.45) is 35.3 Å². The monoisotopic (exact) mass is 1510 g/mol. The highest BCUT2D eigenvalue weighted by atomic mass is 32.2. The number of primary amides is 1. The Morgan fingerprint density at radius 1 is 0.726 bits per heavy atom. The molecule has 2 heterocycles. The number of thioether (sulfide) groups is 1. The fourth-order valence-electron chi connectivity index (χ4n) is 13.6. The molecule has 0 bridgehead atoms. The molecule has 0 aromatic heterocycles. The minimum atomic E-state index is -1.16. The van der Waals surface area contributed by atoms with Crippen molar-refractivity contribution < 1.29 is 85.6 Å². The van der Waals surface area contributed by atoms with Gasteiger partial charge in [-0.05, 0) is 125 Å². The predicted octanol–water partition coefficient (Wildman–Crippen LogP) is 6.60. The Balaban J connectivity index is 1.47. The number of amides is 12. The van der Waals surface area contributed by atoms with Gasteiger partial charge in [0.2, 0.25) is 53.2 Å². The van der Waals surface area contributed by atoms with E-state index >= 15 is 4.79 Å². The van der Waals surface area contributed by atoms with Crippen molar-refractivity contribution in [1.29, 1.82) is 0 Å². The minimum Gasteiger partial charge on any atom is -0.481 e. The molecule has 2 saturated heterocycles. The van der Waals surface area contributed by atoms with Crippen molar-refractivity contribution in [3.63, 3.8) is 0 Å². The Kier molecular flexibility index (Phi) is 38.3. The second-order valence-corrected chi connectivity index (χ2v) is 30.3. The van der Waals surface area contributed by atoms with Gasteiger partial charge in [-0.1, -0.05) is 99.8 Å². The lowest BCUT2D eigenvalue weighted by Crippen LogP contribution is -2.59. The second kappa shape index (κ2) is 44.9. The van der Waals surface area contributed by atoms with E-state index in [2.05, 4.69) is 31.9 Å². The van der Waals surface area contributed by atoms with E-state index in [1.54, 1.807) is 80.9 Å². The molecule has 2 aromatic rings. The van der Waals surface area contributed by atoms with Gasteiger partial charge in [-0.15, -0.1) is 11.8 Å². The van der Waals surface area contributed by atoms with Crippen LogP contribution in [0.2, 0.25) is 0 Å². The molecule has 28 nitrogen and oxygen atoms in total. The van der Waals surface area contributed by atoms with Gasteiger partial charge in [0.1, 0.15) is 36.4 Å². The molecule has 1 unspecified atom stereocenters. The summed E-state index contributed by atoms with van der Waals surface area (Å²) in [6.45, 7) is 16.4. The number of nitrogens with one attached hydrogen (secondary N) is 6. The molecule has 12 atom stereocenters. The molecule has 0 spiro atoms. The van der Waals surface area contributed by atoms with Crippen molar-refractivity contribution in [3.05, 3.63) is 65.2 Å². The summed E-state index contributed by atoms with van der Waals surface area (Å²) in [5.41, 5.74) is 5.91. The number of anilines is 1. The van der Waals surface area contributed by atoms with E-state index in [0.29, 0.717) is 55.5 Å². The normalized spacial score (nSPS) is 17.8. The van der Waals surface area contributed by atoms with E-state index < -0.39 is 131 Å². The third-order valence-corrected chi connectivity index (χ3v) is 21.1. The summed E-state index contributed by atoms with van der Waals surface area (Å²) in [7, 11) is 9.60. The number of carboxylic acid groups (broad SMARTS) is 1. The maximum Gasteiger partial charge on any atom is 0.410 e. The number of methoxy groups -OCH3 is 2. The lowest BCUT2D eigenvalue weighted by molar-refractivity contribution is -0.148. The number of aliphatic carboxylic acids is 1. The van der Waals surface area contributed by atoms with Crippen LogP contribution in [0.25, 0.3) is 0 Å². The molecular formula is C75H118F2N12O16S. The SMILES string of the molecule is CC[C@H](C)[C@@H]([C@@H](CC(=O)N1C[C@@H](N(C)C(=O)OCc2ccc(NC(=O)[C@H](CCCNC(N)=O)NC(=O)[C@@H](NC(=O)CCCCCN3C(=O)CC(SCCCCCC(=O)O)C3=O)C(C)C)cc2)C[C@H]1[C@H](OC)[C@@H](C)C(=O)NCCc1c(F)cccc1F)OC)N(C)C(=O)[C@@H](NC(=O)[C@H](C(C)C)N(C)C)C(C)C. The summed E-state index contributed by atoms with van der Waals surface area (Å²) >= 11 is 1.40. The van der Waals surface area contributed by atoms with Gasteiger partial charge in [0, 0.05) is 85.0 Å². The molecule has 0 radical (unpaired) electrons. The van der Waals surface area contributed by atoms with Gasteiger partial charge in [-0.3, -0.25) is 57.7 Å². The van der Waals surface area contributed by atoms with Crippen LogP contribution in [0, 0.1) is 41.2 Å². The van der Waals surface area contributed by atoms with E-state index in [1.807, 2.05) is 41.5 Å². The third-order valence-electron chi connectivity index (χ3n) is 19.8. The highest BCUT2D eigenvalue weighted by molar-refractivity contribution is 8.00. The number of imide groups is 1. The number of hydrogen-bond donors (Lipinski definition) is 8. The molecular weight excluding hydrogens is 1390 g/mol. The Hall–Kier alpha value is -8.03. The molecule has 2 fully saturated rings. The molecule has 594 valence electrons. The molecule has 2 aliphatic heterocycles. The lowest BCUT2D eigenvalue weighted by Gasteiger charge is -2.41. The summed E-state index contributed by atoms with van der Waals surface area (Å²) in [4.78, 5) is 168. The molecule has 2 aliphatic rings. The van der Waals surface area contributed by atoms with Crippen LogP contribution in [0.1, 0.15) is 163 Å². The number of benzene rings is 2.